The van der Waals surface area contributed by atoms with E-state index in [1.54, 1.807) is 48.5 Å². The molecule has 158 valence electrons. The Morgan fingerprint density at radius 2 is 1.71 bits per heavy atom. The third-order valence-electron chi connectivity index (χ3n) is 6.68. The number of carbonyl (C=O) groups excluding carboxylic acids is 2. The molecule has 7 nitrogen and oxygen atoms in total. The van der Waals surface area contributed by atoms with Crippen LogP contribution in [0.1, 0.15) is 24.5 Å². The average Bonchev–Trinajstić information content (AvgIpc) is 3.04. The fraction of sp³-hybridized carbons (Fsp3) is 0.304. The van der Waals surface area contributed by atoms with Crippen molar-refractivity contribution in [2.75, 3.05) is 11.5 Å². The summed E-state index contributed by atoms with van der Waals surface area (Å²) in [4.78, 5) is 27.9. The van der Waals surface area contributed by atoms with Gasteiger partial charge in [0.1, 0.15) is 5.75 Å². The van der Waals surface area contributed by atoms with Crippen LogP contribution in [0.3, 0.4) is 0 Å². The Kier molecular flexibility index (Phi) is 4.93. The van der Waals surface area contributed by atoms with Crippen LogP contribution in [0.15, 0.2) is 65.6 Å². The SMILES string of the molecule is O=C1[C@H]2[C@H](CC(CO)=C3B(O)O[C@H](c4ccc(O)cc4)C[C@H]32)C(=O)N1c1ccccc1. The molecule has 4 atom stereocenters. The minimum Gasteiger partial charge on any atom is -0.508 e. The molecule has 2 aromatic carbocycles. The van der Waals surface area contributed by atoms with Gasteiger partial charge in [0, 0.05) is 0 Å². The molecule has 3 N–H and O–H groups in total. The highest BCUT2D eigenvalue weighted by molar-refractivity contribution is 6.53. The second-order valence-corrected chi connectivity index (χ2v) is 8.31. The first-order chi connectivity index (χ1) is 15.0. The van der Waals surface area contributed by atoms with Crippen LogP contribution in [-0.2, 0) is 14.2 Å². The molecule has 2 saturated heterocycles. The van der Waals surface area contributed by atoms with Gasteiger partial charge in [-0.25, -0.2) is 0 Å². The summed E-state index contributed by atoms with van der Waals surface area (Å²) in [6, 6.07) is 15.3. The van der Waals surface area contributed by atoms with Crippen molar-refractivity contribution >= 4 is 24.6 Å². The smallest absolute Gasteiger partial charge is 0.487 e. The van der Waals surface area contributed by atoms with Crippen molar-refractivity contribution in [3.63, 3.8) is 0 Å². The van der Waals surface area contributed by atoms with Crippen molar-refractivity contribution in [1.29, 1.82) is 0 Å². The molecule has 0 saturated carbocycles. The number of aliphatic hydroxyl groups excluding tert-OH is 1. The van der Waals surface area contributed by atoms with Crippen LogP contribution in [-0.4, -0.2) is 40.8 Å². The Morgan fingerprint density at radius 1 is 1.00 bits per heavy atom. The zero-order valence-electron chi connectivity index (χ0n) is 16.7. The molecule has 2 heterocycles. The molecule has 2 amide bonds. The molecule has 3 aliphatic rings. The van der Waals surface area contributed by atoms with E-state index in [4.69, 9.17) is 4.65 Å². The van der Waals surface area contributed by atoms with Crippen molar-refractivity contribution in [3.8, 4) is 5.75 Å². The highest BCUT2D eigenvalue weighted by Gasteiger charge is 2.58. The first-order valence-corrected chi connectivity index (χ1v) is 10.4. The third-order valence-corrected chi connectivity index (χ3v) is 6.68. The minimum absolute atomic E-state index is 0.121. The maximum atomic E-state index is 13.5. The second-order valence-electron chi connectivity index (χ2n) is 8.31. The van der Waals surface area contributed by atoms with Crippen LogP contribution in [0.4, 0.5) is 5.69 Å². The van der Waals surface area contributed by atoms with E-state index in [0.717, 1.165) is 5.56 Å². The average molecular weight is 419 g/mol. The van der Waals surface area contributed by atoms with E-state index in [1.807, 2.05) is 6.07 Å². The van der Waals surface area contributed by atoms with Crippen LogP contribution in [0, 0.1) is 17.8 Å². The predicted molar refractivity (Wildman–Crippen MR) is 113 cm³/mol. The summed E-state index contributed by atoms with van der Waals surface area (Å²) in [6.07, 6.45) is 0.117. The molecule has 0 radical (unpaired) electrons. The zero-order chi connectivity index (χ0) is 21.7. The van der Waals surface area contributed by atoms with Crippen LogP contribution in [0.2, 0.25) is 0 Å². The number of imide groups is 1. The Bertz CT molecular complexity index is 1050. The van der Waals surface area contributed by atoms with Gasteiger partial charge in [-0.05, 0) is 59.6 Å². The molecule has 0 unspecified atom stereocenters. The van der Waals surface area contributed by atoms with Crippen molar-refractivity contribution in [2.24, 2.45) is 17.8 Å². The number of aliphatic hydroxyl groups is 1. The second kappa shape index (κ2) is 7.64. The Balaban J connectivity index is 1.54. The number of phenolic OH excluding ortho intramolecular Hbond substituents is 1. The summed E-state index contributed by atoms with van der Waals surface area (Å²) < 4.78 is 5.83. The van der Waals surface area contributed by atoms with E-state index >= 15 is 0 Å². The number of carbonyl (C=O) groups is 2. The molecule has 1 aliphatic carbocycles. The lowest BCUT2D eigenvalue weighted by molar-refractivity contribution is -0.123. The predicted octanol–water partition coefficient (Wildman–Crippen LogP) is 1.99. The van der Waals surface area contributed by atoms with E-state index in [0.29, 0.717) is 23.2 Å². The lowest BCUT2D eigenvalue weighted by atomic mass is 9.55. The van der Waals surface area contributed by atoms with Gasteiger partial charge in [-0.2, -0.15) is 0 Å². The monoisotopic (exact) mass is 419 g/mol. The topological polar surface area (TPSA) is 107 Å². The van der Waals surface area contributed by atoms with E-state index in [1.165, 1.54) is 4.90 Å². The van der Waals surface area contributed by atoms with Crippen molar-refractivity contribution in [3.05, 3.63) is 71.2 Å². The van der Waals surface area contributed by atoms with Crippen LogP contribution in [0.25, 0.3) is 0 Å². The highest BCUT2D eigenvalue weighted by atomic mass is 16.5. The lowest BCUT2D eigenvalue weighted by Gasteiger charge is -2.41. The summed E-state index contributed by atoms with van der Waals surface area (Å²) in [5.74, 6) is -2.04. The van der Waals surface area contributed by atoms with E-state index in [9.17, 15) is 24.8 Å². The van der Waals surface area contributed by atoms with Crippen molar-refractivity contribution in [2.45, 2.75) is 18.9 Å². The molecule has 8 heteroatoms. The quantitative estimate of drug-likeness (QED) is 0.519. The largest absolute Gasteiger partial charge is 0.508 e. The van der Waals surface area contributed by atoms with Crippen molar-refractivity contribution < 1.29 is 29.5 Å². The number of phenols is 1. The molecular weight excluding hydrogens is 397 g/mol. The van der Waals surface area contributed by atoms with Gasteiger partial charge < -0.3 is 19.9 Å². The molecule has 0 aromatic heterocycles. The number of anilines is 1. The number of hydrogen-bond donors (Lipinski definition) is 3. The summed E-state index contributed by atoms with van der Waals surface area (Å²) in [7, 11) is -1.27. The highest BCUT2D eigenvalue weighted by Crippen LogP contribution is 2.51. The first-order valence-electron chi connectivity index (χ1n) is 10.4. The van der Waals surface area contributed by atoms with Gasteiger partial charge in [-0.3, -0.25) is 14.5 Å². The minimum atomic E-state index is -1.27. The number of rotatable bonds is 3. The van der Waals surface area contributed by atoms with Gasteiger partial charge in [-0.15, -0.1) is 0 Å². The van der Waals surface area contributed by atoms with E-state index < -0.39 is 31.0 Å². The number of benzene rings is 2. The van der Waals surface area contributed by atoms with Crippen LogP contribution >= 0.6 is 0 Å². The number of hydrogen-bond acceptors (Lipinski definition) is 6. The van der Waals surface area contributed by atoms with Crippen LogP contribution < -0.4 is 4.90 Å². The molecule has 31 heavy (non-hydrogen) atoms. The van der Waals surface area contributed by atoms with Gasteiger partial charge in [-0.1, -0.05) is 30.3 Å². The van der Waals surface area contributed by atoms with Gasteiger partial charge in [0.25, 0.3) is 0 Å². The first kappa shape index (κ1) is 20.0. The molecule has 2 aliphatic heterocycles. The number of allylic oxidation sites excluding steroid dienone is 1. The van der Waals surface area contributed by atoms with Gasteiger partial charge in [0.2, 0.25) is 11.8 Å². The third kappa shape index (κ3) is 3.19. The molecule has 5 rings (SSSR count). The summed E-state index contributed by atoms with van der Waals surface area (Å²) in [6.45, 7) is -0.299. The number of aromatic hydroxyl groups is 1. The zero-order valence-corrected chi connectivity index (χ0v) is 16.7. The van der Waals surface area contributed by atoms with Gasteiger partial charge in [0.15, 0.2) is 0 Å². The number of nitrogens with zero attached hydrogens (tertiary/aromatic N) is 1. The molecular formula is C23H22BNO6. The van der Waals surface area contributed by atoms with Crippen LogP contribution in [0.5, 0.6) is 5.75 Å². The van der Waals surface area contributed by atoms with E-state index in [-0.39, 0.29) is 30.6 Å². The van der Waals surface area contributed by atoms with Gasteiger partial charge >= 0.3 is 7.12 Å². The van der Waals surface area contributed by atoms with Gasteiger partial charge in [0.05, 0.1) is 30.2 Å². The van der Waals surface area contributed by atoms with E-state index in [2.05, 4.69) is 0 Å². The summed E-state index contributed by atoms with van der Waals surface area (Å²) >= 11 is 0. The fourth-order valence-electron chi connectivity index (χ4n) is 5.29. The molecule has 2 aromatic rings. The molecule has 2 fully saturated rings. The molecule has 0 spiro atoms. The fourth-order valence-corrected chi connectivity index (χ4v) is 5.29. The normalized spacial score (nSPS) is 28.1. The maximum Gasteiger partial charge on any atom is 0.487 e. The number of fused-ring (bicyclic) bond motifs is 3. The maximum absolute atomic E-state index is 13.5. The van der Waals surface area contributed by atoms with Crippen molar-refractivity contribution in [1.82, 2.24) is 0 Å². The summed E-state index contributed by atoms with van der Waals surface area (Å²) in [5.41, 5.74) is 2.38. The number of amides is 2. The molecule has 0 bridgehead atoms. The summed E-state index contributed by atoms with van der Waals surface area (Å²) in [5, 5.41) is 30.3. The Morgan fingerprint density at radius 3 is 2.39 bits per heavy atom. The standard InChI is InChI=1S/C23H22BNO6/c26-12-14-10-18-20(23(29)25(22(18)28)15-4-2-1-3-5-15)17-11-19(31-24(30)21(14)17)13-6-8-16(27)9-7-13/h1-9,17-20,26-27,30H,10-12H2/t17-,18-,19-,20+/m0/s1. The Hall–Kier alpha value is -2.94. The number of para-hydroxylation sites is 1. The Labute approximate surface area is 179 Å². The lowest BCUT2D eigenvalue weighted by Crippen LogP contribution is -2.45.